The van der Waals surface area contributed by atoms with E-state index in [-0.39, 0.29) is 0 Å². The molecule has 6 nitrogen and oxygen atoms in total. The lowest BCUT2D eigenvalue weighted by Gasteiger charge is -2.19. The van der Waals surface area contributed by atoms with Crippen LogP contribution >= 0.6 is 0 Å². The molecule has 1 rings (SSSR count). The van der Waals surface area contributed by atoms with Crippen molar-refractivity contribution < 1.29 is 9.53 Å². The molecule has 0 saturated carbocycles. The maximum absolute atomic E-state index is 11.4. The number of pyridine rings is 1. The van der Waals surface area contributed by atoms with Gasteiger partial charge in [0.05, 0.1) is 5.69 Å². The van der Waals surface area contributed by atoms with Gasteiger partial charge in [0.15, 0.2) is 5.69 Å². The zero-order valence-corrected chi connectivity index (χ0v) is 12.1. The van der Waals surface area contributed by atoms with E-state index >= 15 is 0 Å². The van der Waals surface area contributed by atoms with Crippen molar-refractivity contribution in [2.75, 3.05) is 18.4 Å². The summed E-state index contributed by atoms with van der Waals surface area (Å²) < 4.78 is 5.12. The molecule has 1 heterocycles. The van der Waals surface area contributed by atoms with Crippen LogP contribution in [0.2, 0.25) is 0 Å². The number of alkyl carbamates (subject to hydrolysis) is 1. The van der Waals surface area contributed by atoms with Gasteiger partial charge < -0.3 is 15.4 Å². The van der Waals surface area contributed by atoms with Crippen LogP contribution in [0, 0.1) is 11.3 Å². The van der Waals surface area contributed by atoms with Crippen molar-refractivity contribution >= 4 is 11.8 Å². The third-order valence-corrected chi connectivity index (χ3v) is 2.25. The van der Waals surface area contributed by atoms with Crippen LogP contribution in [0.25, 0.3) is 0 Å². The largest absolute Gasteiger partial charge is 0.444 e. The number of nitriles is 1. The molecular weight excluding hydrogens is 256 g/mol. The molecule has 0 spiro atoms. The average molecular weight is 276 g/mol. The Balaban J connectivity index is 2.23. The van der Waals surface area contributed by atoms with Crippen LogP contribution in [0.15, 0.2) is 18.3 Å². The molecule has 0 aliphatic rings. The van der Waals surface area contributed by atoms with Gasteiger partial charge in [0.25, 0.3) is 0 Å². The quantitative estimate of drug-likeness (QED) is 0.806. The Bertz CT molecular complexity index is 489. The lowest BCUT2D eigenvalue weighted by molar-refractivity contribution is 0.0528. The molecule has 2 N–H and O–H groups in total. The summed E-state index contributed by atoms with van der Waals surface area (Å²) in [5.74, 6) is 0. The van der Waals surface area contributed by atoms with Gasteiger partial charge in [-0.05, 0) is 39.3 Å². The van der Waals surface area contributed by atoms with E-state index in [4.69, 9.17) is 10.00 Å². The molecule has 0 atom stereocenters. The first-order chi connectivity index (χ1) is 9.42. The van der Waals surface area contributed by atoms with Crippen LogP contribution < -0.4 is 10.6 Å². The molecule has 0 radical (unpaired) electrons. The molecule has 6 heteroatoms. The van der Waals surface area contributed by atoms with Gasteiger partial charge in [-0.1, -0.05) is 0 Å². The SMILES string of the molecule is CC(C)(C)OC(=O)NCCCNc1cccnc1C#N. The molecule has 0 aliphatic carbocycles. The smallest absolute Gasteiger partial charge is 0.407 e. The average Bonchev–Trinajstić information content (AvgIpc) is 2.36. The molecular formula is C14H20N4O2. The summed E-state index contributed by atoms with van der Waals surface area (Å²) in [7, 11) is 0. The molecule has 108 valence electrons. The molecule has 0 fully saturated rings. The Kier molecular flexibility index (Phi) is 5.78. The number of nitrogens with zero attached hydrogens (tertiary/aromatic N) is 2. The summed E-state index contributed by atoms with van der Waals surface area (Å²) in [6.07, 6.45) is 1.88. The molecule has 0 aliphatic heterocycles. The third kappa shape index (κ3) is 6.05. The first-order valence-electron chi connectivity index (χ1n) is 6.48. The molecule has 1 amide bonds. The standard InChI is InChI=1S/C14H20N4O2/c1-14(2,3)20-13(19)18-9-5-8-16-11-6-4-7-17-12(11)10-15/h4,6-7,16H,5,8-9H2,1-3H3,(H,18,19). The maximum atomic E-state index is 11.4. The Morgan fingerprint density at radius 2 is 2.20 bits per heavy atom. The highest BCUT2D eigenvalue weighted by atomic mass is 16.6. The van der Waals surface area contributed by atoms with Crippen molar-refractivity contribution in [1.29, 1.82) is 5.26 Å². The van der Waals surface area contributed by atoms with Gasteiger partial charge in [-0.2, -0.15) is 5.26 Å². The highest BCUT2D eigenvalue weighted by molar-refractivity contribution is 5.67. The van der Waals surface area contributed by atoms with E-state index in [1.165, 1.54) is 0 Å². The van der Waals surface area contributed by atoms with Gasteiger partial charge in [0, 0.05) is 19.3 Å². The minimum atomic E-state index is -0.486. The molecule has 0 unspecified atom stereocenters. The maximum Gasteiger partial charge on any atom is 0.407 e. The highest BCUT2D eigenvalue weighted by Gasteiger charge is 2.15. The fraction of sp³-hybridized carbons (Fsp3) is 0.500. The summed E-state index contributed by atoms with van der Waals surface area (Å²) in [4.78, 5) is 15.3. The van der Waals surface area contributed by atoms with E-state index in [2.05, 4.69) is 15.6 Å². The van der Waals surface area contributed by atoms with Crippen molar-refractivity contribution in [3.8, 4) is 6.07 Å². The van der Waals surface area contributed by atoms with Crippen LogP contribution in [0.4, 0.5) is 10.5 Å². The number of rotatable bonds is 5. The zero-order valence-electron chi connectivity index (χ0n) is 12.1. The fourth-order valence-corrected chi connectivity index (χ4v) is 1.45. The Hall–Kier alpha value is -2.29. The normalized spacial score (nSPS) is 10.5. The lowest BCUT2D eigenvalue weighted by Crippen LogP contribution is -2.33. The summed E-state index contributed by atoms with van der Waals surface area (Å²) >= 11 is 0. The first-order valence-corrected chi connectivity index (χ1v) is 6.48. The second-order valence-corrected chi connectivity index (χ2v) is 5.22. The van der Waals surface area contributed by atoms with Crippen LogP contribution in [0.5, 0.6) is 0 Å². The van der Waals surface area contributed by atoms with Crippen LogP contribution in [-0.4, -0.2) is 29.8 Å². The van der Waals surface area contributed by atoms with Crippen molar-refractivity contribution in [1.82, 2.24) is 10.3 Å². The van der Waals surface area contributed by atoms with Crippen LogP contribution in [0.1, 0.15) is 32.9 Å². The van der Waals surface area contributed by atoms with Gasteiger partial charge in [0.1, 0.15) is 11.7 Å². The summed E-state index contributed by atoms with van der Waals surface area (Å²) in [6.45, 7) is 6.60. The lowest BCUT2D eigenvalue weighted by atomic mass is 10.2. The number of amides is 1. The van der Waals surface area contributed by atoms with Gasteiger partial charge in [-0.25, -0.2) is 9.78 Å². The number of aromatic nitrogens is 1. The van der Waals surface area contributed by atoms with Crippen molar-refractivity contribution in [3.63, 3.8) is 0 Å². The Morgan fingerprint density at radius 1 is 1.45 bits per heavy atom. The number of carbonyl (C=O) groups is 1. The second kappa shape index (κ2) is 7.34. The number of anilines is 1. The minimum absolute atomic E-state index is 0.368. The van der Waals surface area contributed by atoms with Gasteiger partial charge in [-0.3, -0.25) is 0 Å². The third-order valence-electron chi connectivity index (χ3n) is 2.25. The number of carbonyl (C=O) groups excluding carboxylic acids is 1. The van der Waals surface area contributed by atoms with E-state index in [0.717, 1.165) is 6.42 Å². The van der Waals surface area contributed by atoms with Crippen molar-refractivity contribution in [3.05, 3.63) is 24.0 Å². The van der Waals surface area contributed by atoms with E-state index in [9.17, 15) is 4.79 Å². The number of hydrogen-bond acceptors (Lipinski definition) is 5. The molecule has 0 bridgehead atoms. The van der Waals surface area contributed by atoms with Gasteiger partial charge in [0.2, 0.25) is 0 Å². The summed E-state index contributed by atoms with van der Waals surface area (Å²) in [5, 5.41) is 14.7. The van der Waals surface area contributed by atoms with E-state index in [1.807, 2.05) is 26.8 Å². The molecule has 1 aromatic rings. The molecule has 1 aromatic heterocycles. The second-order valence-electron chi connectivity index (χ2n) is 5.22. The fourth-order valence-electron chi connectivity index (χ4n) is 1.45. The number of nitrogens with one attached hydrogen (secondary N) is 2. The topological polar surface area (TPSA) is 87.0 Å². The first kappa shape index (κ1) is 15.8. The highest BCUT2D eigenvalue weighted by Crippen LogP contribution is 2.10. The van der Waals surface area contributed by atoms with Crippen LogP contribution in [0.3, 0.4) is 0 Å². The van der Waals surface area contributed by atoms with Gasteiger partial charge >= 0.3 is 6.09 Å². The number of hydrogen-bond donors (Lipinski definition) is 2. The van der Waals surface area contributed by atoms with Crippen molar-refractivity contribution in [2.45, 2.75) is 32.8 Å². The predicted octanol–water partition coefficient (Wildman–Crippen LogP) is 2.28. The van der Waals surface area contributed by atoms with Crippen LogP contribution in [-0.2, 0) is 4.74 Å². The summed E-state index contributed by atoms with van der Waals surface area (Å²) in [6, 6.07) is 5.58. The molecule has 0 saturated heterocycles. The zero-order chi connectivity index (χ0) is 15.0. The number of ether oxygens (including phenoxy) is 1. The predicted molar refractivity (Wildman–Crippen MR) is 76.3 cm³/mol. The van der Waals surface area contributed by atoms with E-state index in [0.29, 0.717) is 24.5 Å². The Morgan fingerprint density at radius 3 is 2.85 bits per heavy atom. The van der Waals surface area contributed by atoms with E-state index < -0.39 is 11.7 Å². The molecule has 20 heavy (non-hydrogen) atoms. The summed E-state index contributed by atoms with van der Waals surface area (Å²) in [5.41, 5.74) is 0.583. The molecule has 0 aromatic carbocycles. The Labute approximate surface area is 119 Å². The van der Waals surface area contributed by atoms with Gasteiger partial charge in [-0.15, -0.1) is 0 Å². The monoisotopic (exact) mass is 276 g/mol. The van der Waals surface area contributed by atoms with E-state index in [1.54, 1.807) is 18.3 Å². The van der Waals surface area contributed by atoms with Crippen molar-refractivity contribution in [2.24, 2.45) is 0 Å². The minimum Gasteiger partial charge on any atom is -0.444 e.